The zero-order chi connectivity index (χ0) is 22.0. The summed E-state index contributed by atoms with van der Waals surface area (Å²) in [4.78, 5) is 4.47. The van der Waals surface area contributed by atoms with Crippen LogP contribution in [0, 0.1) is 0 Å². The minimum absolute atomic E-state index is 0.0785. The number of benzene rings is 3. The number of hydrogen-bond acceptors (Lipinski definition) is 6. The number of sulfonamides is 1. The van der Waals surface area contributed by atoms with E-state index in [2.05, 4.69) is 9.71 Å². The van der Waals surface area contributed by atoms with Gasteiger partial charge in [0.05, 0.1) is 12.0 Å². The summed E-state index contributed by atoms with van der Waals surface area (Å²) in [5.41, 5.74) is 2.13. The van der Waals surface area contributed by atoms with Crippen LogP contribution in [-0.2, 0) is 15.8 Å². The van der Waals surface area contributed by atoms with Gasteiger partial charge in [0.2, 0.25) is 0 Å². The van der Waals surface area contributed by atoms with Gasteiger partial charge in [-0.1, -0.05) is 41.0 Å². The van der Waals surface area contributed by atoms with Crippen LogP contribution in [0.5, 0.6) is 5.75 Å². The van der Waals surface area contributed by atoms with Crippen molar-refractivity contribution < 1.29 is 17.6 Å². The number of halogens is 2. The maximum absolute atomic E-state index is 12.8. The number of nitrogens with one attached hydrogen (secondary N) is 1. The Kier molecular flexibility index (Phi) is 6.34. The number of hydrogen-bond donors (Lipinski definition) is 1. The second-order valence-electron chi connectivity index (χ2n) is 6.43. The van der Waals surface area contributed by atoms with Crippen LogP contribution in [0.1, 0.15) is 5.56 Å². The van der Waals surface area contributed by atoms with Crippen LogP contribution < -0.4 is 9.46 Å². The van der Waals surface area contributed by atoms with Crippen LogP contribution in [0.15, 0.2) is 75.2 Å². The maximum atomic E-state index is 12.8. The van der Waals surface area contributed by atoms with Gasteiger partial charge < -0.3 is 9.15 Å². The second kappa shape index (κ2) is 9.00. The molecule has 0 aliphatic carbocycles. The second-order valence-corrected chi connectivity index (χ2v) is 9.86. The lowest BCUT2D eigenvalue weighted by Gasteiger charge is -2.08. The van der Waals surface area contributed by atoms with E-state index in [4.69, 9.17) is 32.4 Å². The minimum atomic E-state index is -3.80. The number of thioether (sulfide) groups is 1. The normalized spacial score (nSPS) is 11.6. The molecule has 3 aromatic carbocycles. The molecule has 6 nitrogen and oxygen atoms in total. The molecule has 0 unspecified atom stereocenters. The molecule has 1 heterocycles. The summed E-state index contributed by atoms with van der Waals surface area (Å²) < 4.78 is 38.9. The van der Waals surface area contributed by atoms with Crippen LogP contribution >= 0.6 is 35.0 Å². The van der Waals surface area contributed by atoms with E-state index in [1.165, 1.54) is 23.9 Å². The summed E-state index contributed by atoms with van der Waals surface area (Å²) in [6.45, 7) is 0. The molecule has 10 heteroatoms. The largest absolute Gasteiger partial charge is 0.497 e. The van der Waals surface area contributed by atoms with Gasteiger partial charge in [-0.15, -0.1) is 0 Å². The van der Waals surface area contributed by atoms with Gasteiger partial charge in [-0.3, -0.25) is 4.72 Å². The van der Waals surface area contributed by atoms with Crippen LogP contribution in [-0.4, -0.2) is 20.5 Å². The van der Waals surface area contributed by atoms with E-state index >= 15 is 0 Å². The predicted molar refractivity (Wildman–Crippen MR) is 124 cm³/mol. The highest BCUT2D eigenvalue weighted by molar-refractivity contribution is 7.98. The highest BCUT2D eigenvalue weighted by atomic mass is 35.5. The van der Waals surface area contributed by atoms with Gasteiger partial charge in [-0.25, -0.2) is 13.4 Å². The van der Waals surface area contributed by atoms with Crippen LogP contribution in [0.25, 0.3) is 11.1 Å². The summed E-state index contributed by atoms with van der Waals surface area (Å²) in [6, 6.07) is 16.4. The Balaban J connectivity index is 1.53. The Hall–Kier alpha value is -2.39. The van der Waals surface area contributed by atoms with Crippen molar-refractivity contribution in [1.82, 2.24) is 4.98 Å². The van der Waals surface area contributed by atoms with Crippen molar-refractivity contribution in [3.05, 3.63) is 76.3 Å². The van der Waals surface area contributed by atoms with Crippen molar-refractivity contribution in [2.45, 2.75) is 15.9 Å². The molecule has 4 rings (SSSR count). The molecule has 0 radical (unpaired) electrons. The number of fused-ring (bicyclic) bond motifs is 1. The molecule has 1 N–H and O–H groups in total. The van der Waals surface area contributed by atoms with E-state index in [1.54, 1.807) is 55.6 Å². The van der Waals surface area contributed by atoms with Gasteiger partial charge in [0.25, 0.3) is 15.2 Å². The molecule has 160 valence electrons. The fourth-order valence-electron chi connectivity index (χ4n) is 2.79. The average Bonchev–Trinajstić information content (AvgIpc) is 3.16. The Morgan fingerprint density at radius 2 is 1.77 bits per heavy atom. The molecule has 0 aliphatic rings. The molecule has 0 fully saturated rings. The zero-order valence-electron chi connectivity index (χ0n) is 16.1. The first-order valence-electron chi connectivity index (χ1n) is 8.99. The third kappa shape index (κ3) is 4.93. The molecule has 0 atom stereocenters. The van der Waals surface area contributed by atoms with Crippen LogP contribution in [0.4, 0.5) is 5.69 Å². The average molecular weight is 495 g/mol. The quantitative estimate of drug-likeness (QED) is 0.306. The molecular formula is C21H16Cl2N2O4S2. The molecule has 31 heavy (non-hydrogen) atoms. The van der Waals surface area contributed by atoms with E-state index in [1.807, 2.05) is 0 Å². The topological polar surface area (TPSA) is 81.4 Å². The molecule has 0 spiro atoms. The van der Waals surface area contributed by atoms with Crippen molar-refractivity contribution in [3.8, 4) is 5.75 Å². The number of oxazole rings is 1. The van der Waals surface area contributed by atoms with E-state index in [-0.39, 0.29) is 4.90 Å². The number of aromatic nitrogens is 1. The first-order valence-corrected chi connectivity index (χ1v) is 12.2. The molecule has 0 saturated carbocycles. The first kappa shape index (κ1) is 21.8. The van der Waals surface area contributed by atoms with Crippen molar-refractivity contribution >= 4 is 61.8 Å². The van der Waals surface area contributed by atoms with Crippen molar-refractivity contribution in [3.63, 3.8) is 0 Å². The zero-order valence-corrected chi connectivity index (χ0v) is 19.3. The molecule has 0 amide bonds. The van der Waals surface area contributed by atoms with Gasteiger partial charge in [0.1, 0.15) is 11.3 Å². The molecule has 0 saturated heterocycles. The summed E-state index contributed by atoms with van der Waals surface area (Å²) >= 11 is 13.7. The molecule has 0 bridgehead atoms. The number of ether oxygens (including phenoxy) is 1. The van der Waals surface area contributed by atoms with Crippen molar-refractivity contribution in [1.29, 1.82) is 0 Å². The number of rotatable bonds is 7. The summed E-state index contributed by atoms with van der Waals surface area (Å²) in [5.74, 6) is 1.10. The van der Waals surface area contributed by atoms with Crippen LogP contribution in [0.3, 0.4) is 0 Å². The Bertz CT molecular complexity index is 1320. The Morgan fingerprint density at radius 3 is 2.45 bits per heavy atom. The minimum Gasteiger partial charge on any atom is -0.497 e. The van der Waals surface area contributed by atoms with Crippen LogP contribution in [0.2, 0.25) is 10.0 Å². The van der Waals surface area contributed by atoms with Crippen molar-refractivity contribution in [2.24, 2.45) is 0 Å². The highest BCUT2D eigenvalue weighted by Crippen LogP contribution is 2.33. The smallest absolute Gasteiger partial charge is 0.261 e. The van der Waals surface area contributed by atoms with Gasteiger partial charge in [0.15, 0.2) is 5.58 Å². The third-order valence-corrected chi connectivity index (χ3v) is 7.34. The SMILES string of the molecule is COc1ccc(NS(=O)(=O)c2ccc3oc(SCc4c(Cl)cccc4Cl)nc3c2)cc1. The highest BCUT2D eigenvalue weighted by Gasteiger charge is 2.17. The van der Waals surface area contributed by atoms with E-state index < -0.39 is 10.0 Å². The van der Waals surface area contributed by atoms with E-state index in [0.29, 0.717) is 43.6 Å². The molecule has 1 aromatic heterocycles. The number of anilines is 1. The lowest BCUT2D eigenvalue weighted by Crippen LogP contribution is -2.12. The lowest BCUT2D eigenvalue weighted by molar-refractivity contribution is 0.415. The first-order chi connectivity index (χ1) is 14.9. The fourth-order valence-corrected chi connectivity index (χ4v) is 5.45. The maximum Gasteiger partial charge on any atom is 0.261 e. The van der Waals surface area contributed by atoms with Gasteiger partial charge >= 0.3 is 0 Å². The summed E-state index contributed by atoms with van der Waals surface area (Å²) in [5, 5.41) is 1.52. The monoisotopic (exact) mass is 494 g/mol. The summed E-state index contributed by atoms with van der Waals surface area (Å²) in [7, 11) is -2.25. The van der Waals surface area contributed by atoms with E-state index in [0.717, 1.165) is 5.56 Å². The molecule has 4 aromatic rings. The van der Waals surface area contributed by atoms with Gasteiger partial charge in [-0.2, -0.15) is 0 Å². The third-order valence-electron chi connectivity index (χ3n) is 4.39. The molecular weight excluding hydrogens is 479 g/mol. The lowest BCUT2D eigenvalue weighted by atomic mass is 10.2. The molecule has 0 aliphatic heterocycles. The van der Waals surface area contributed by atoms with E-state index in [9.17, 15) is 8.42 Å². The number of nitrogens with zero attached hydrogens (tertiary/aromatic N) is 1. The Labute approximate surface area is 193 Å². The predicted octanol–water partition coefficient (Wildman–Crippen LogP) is 6.24. The fraction of sp³-hybridized carbons (Fsp3) is 0.0952. The van der Waals surface area contributed by atoms with Gasteiger partial charge in [0, 0.05) is 21.5 Å². The number of methoxy groups -OCH3 is 1. The van der Waals surface area contributed by atoms with Gasteiger partial charge in [-0.05, 0) is 60.2 Å². The Morgan fingerprint density at radius 1 is 1.06 bits per heavy atom. The van der Waals surface area contributed by atoms with Crippen molar-refractivity contribution in [2.75, 3.05) is 11.8 Å². The summed E-state index contributed by atoms with van der Waals surface area (Å²) in [6.07, 6.45) is 0. The standard InChI is InChI=1S/C21H16Cl2N2O4S2/c1-28-14-7-5-13(6-8-14)25-31(26,27)15-9-10-20-19(11-15)24-21(29-20)30-12-16-17(22)3-2-4-18(16)23/h2-11,25H,12H2,1H3.